The number of piperidine rings is 1. The van der Waals surface area contributed by atoms with Crippen molar-refractivity contribution in [3.05, 3.63) is 33.0 Å². The fourth-order valence-corrected chi connectivity index (χ4v) is 5.08. The first-order valence-corrected chi connectivity index (χ1v) is 9.71. The van der Waals surface area contributed by atoms with Crippen molar-refractivity contribution in [2.45, 2.75) is 51.4 Å². The van der Waals surface area contributed by atoms with E-state index in [9.17, 15) is 4.79 Å². The van der Waals surface area contributed by atoms with E-state index in [1.165, 1.54) is 34.8 Å². The normalized spacial score (nSPS) is 18.7. The summed E-state index contributed by atoms with van der Waals surface area (Å²) in [5.41, 5.74) is 3.03. The summed E-state index contributed by atoms with van der Waals surface area (Å²) in [7, 11) is 1.88. The molecule has 0 bridgehead atoms. The van der Waals surface area contributed by atoms with Crippen LogP contribution in [-0.4, -0.2) is 38.7 Å². The van der Waals surface area contributed by atoms with Gasteiger partial charge < -0.3 is 4.90 Å². The lowest BCUT2D eigenvalue weighted by Gasteiger charge is -2.31. The van der Waals surface area contributed by atoms with Gasteiger partial charge in [0.2, 0.25) is 0 Å². The Balaban J connectivity index is 1.42. The van der Waals surface area contributed by atoms with Crippen LogP contribution in [-0.2, 0) is 19.9 Å². The summed E-state index contributed by atoms with van der Waals surface area (Å²) in [5, 5.41) is 5.50. The van der Waals surface area contributed by atoms with Crippen LogP contribution in [0.25, 0.3) is 0 Å². The van der Waals surface area contributed by atoms with E-state index in [4.69, 9.17) is 4.98 Å². The Kier molecular flexibility index (Phi) is 4.16. The number of carbonyl (C=O) groups is 1. The Morgan fingerprint density at radius 1 is 1.25 bits per heavy atom. The van der Waals surface area contributed by atoms with Gasteiger partial charge in [0, 0.05) is 36.6 Å². The Morgan fingerprint density at radius 2 is 2.00 bits per heavy atom. The van der Waals surface area contributed by atoms with Crippen LogP contribution in [0.3, 0.4) is 0 Å². The highest BCUT2D eigenvalue weighted by Gasteiger charge is 2.28. The van der Waals surface area contributed by atoms with Gasteiger partial charge >= 0.3 is 0 Å². The zero-order chi connectivity index (χ0) is 16.7. The summed E-state index contributed by atoms with van der Waals surface area (Å²) in [6.07, 6.45) is 8.71. The van der Waals surface area contributed by atoms with E-state index < -0.39 is 0 Å². The number of carbonyl (C=O) groups excluding carboxylic acids is 1. The molecule has 128 valence electrons. The maximum atomic E-state index is 12.7. The molecule has 2 aliphatic rings. The summed E-state index contributed by atoms with van der Waals surface area (Å²) in [6.45, 7) is 3.59. The monoisotopic (exact) mass is 344 g/mol. The van der Waals surface area contributed by atoms with E-state index in [0.29, 0.717) is 5.92 Å². The zero-order valence-corrected chi connectivity index (χ0v) is 15.2. The van der Waals surface area contributed by atoms with Gasteiger partial charge in [-0.25, -0.2) is 4.98 Å². The van der Waals surface area contributed by atoms with E-state index >= 15 is 0 Å². The molecule has 3 heterocycles. The molecule has 1 amide bonds. The van der Waals surface area contributed by atoms with Gasteiger partial charge in [-0.15, -0.1) is 11.3 Å². The Hall–Kier alpha value is -1.69. The van der Waals surface area contributed by atoms with Crippen molar-refractivity contribution in [3.8, 4) is 0 Å². The summed E-state index contributed by atoms with van der Waals surface area (Å²) in [6, 6.07) is 0. The first-order valence-electron chi connectivity index (χ1n) is 8.90. The first-order chi connectivity index (χ1) is 11.6. The third kappa shape index (κ3) is 2.77. The van der Waals surface area contributed by atoms with Crippen molar-refractivity contribution >= 4 is 17.2 Å². The minimum atomic E-state index is 0.123. The summed E-state index contributed by atoms with van der Waals surface area (Å²) in [5.74, 6) is 0.650. The standard InChI is InChI=1S/C18H24N4OS/c1-12-14(11-19-21(12)2)18(23)22-9-7-13(8-10-22)17-20-15-5-3-4-6-16(15)24-17/h11,13H,3-10H2,1-2H3. The highest BCUT2D eigenvalue weighted by Crippen LogP contribution is 2.35. The quantitative estimate of drug-likeness (QED) is 0.841. The Bertz CT molecular complexity index is 732. The molecule has 2 aromatic rings. The van der Waals surface area contributed by atoms with Crippen LogP contribution >= 0.6 is 11.3 Å². The molecule has 6 heteroatoms. The van der Waals surface area contributed by atoms with Gasteiger partial charge in [0.05, 0.1) is 22.5 Å². The van der Waals surface area contributed by atoms with Gasteiger partial charge in [0.1, 0.15) is 0 Å². The molecule has 1 aliphatic carbocycles. The van der Waals surface area contributed by atoms with Crippen LogP contribution in [0.2, 0.25) is 0 Å². The molecule has 0 unspecified atom stereocenters. The number of nitrogens with zero attached hydrogens (tertiary/aromatic N) is 4. The highest BCUT2D eigenvalue weighted by atomic mass is 32.1. The molecule has 5 nitrogen and oxygen atoms in total. The number of aromatic nitrogens is 3. The molecular weight excluding hydrogens is 320 g/mol. The highest BCUT2D eigenvalue weighted by molar-refractivity contribution is 7.11. The summed E-state index contributed by atoms with van der Waals surface area (Å²) >= 11 is 1.93. The van der Waals surface area contributed by atoms with Crippen LogP contribution in [0.15, 0.2) is 6.20 Å². The van der Waals surface area contributed by atoms with Crippen molar-refractivity contribution in [2.24, 2.45) is 7.05 Å². The predicted octanol–water partition coefficient (Wildman–Crippen LogP) is 3.08. The average Bonchev–Trinajstić information content (AvgIpc) is 3.19. The number of aryl methyl sites for hydroxylation is 3. The maximum absolute atomic E-state index is 12.7. The third-order valence-electron chi connectivity index (χ3n) is 5.46. The molecule has 24 heavy (non-hydrogen) atoms. The largest absolute Gasteiger partial charge is 0.338 e. The molecule has 0 N–H and O–H groups in total. The lowest BCUT2D eigenvalue weighted by molar-refractivity contribution is 0.0712. The molecule has 0 atom stereocenters. The van der Waals surface area contributed by atoms with Gasteiger partial charge in [-0.1, -0.05) is 0 Å². The Morgan fingerprint density at radius 3 is 2.67 bits per heavy atom. The van der Waals surface area contributed by atoms with E-state index in [2.05, 4.69) is 5.10 Å². The topological polar surface area (TPSA) is 51.0 Å². The van der Waals surface area contributed by atoms with Crippen LogP contribution < -0.4 is 0 Å². The lowest BCUT2D eigenvalue weighted by atomic mass is 9.96. The molecule has 1 fully saturated rings. The zero-order valence-electron chi connectivity index (χ0n) is 14.4. The van der Waals surface area contributed by atoms with E-state index in [-0.39, 0.29) is 5.91 Å². The molecule has 1 saturated heterocycles. The number of likely N-dealkylation sites (tertiary alicyclic amines) is 1. The van der Waals surface area contributed by atoms with E-state index in [0.717, 1.165) is 43.6 Å². The molecule has 2 aromatic heterocycles. The van der Waals surface area contributed by atoms with Gasteiger partial charge in [-0.3, -0.25) is 9.48 Å². The summed E-state index contributed by atoms with van der Waals surface area (Å²) in [4.78, 5) is 21.1. The van der Waals surface area contributed by atoms with Crippen molar-refractivity contribution in [2.75, 3.05) is 13.1 Å². The van der Waals surface area contributed by atoms with Crippen LogP contribution in [0.4, 0.5) is 0 Å². The number of hydrogen-bond donors (Lipinski definition) is 0. The fraction of sp³-hybridized carbons (Fsp3) is 0.611. The molecule has 0 spiro atoms. The smallest absolute Gasteiger partial charge is 0.257 e. The summed E-state index contributed by atoms with van der Waals surface area (Å²) < 4.78 is 1.76. The van der Waals surface area contributed by atoms with Gasteiger partial charge in [-0.05, 0) is 45.4 Å². The second kappa shape index (κ2) is 6.31. The molecule has 1 aliphatic heterocycles. The van der Waals surface area contributed by atoms with Gasteiger partial charge in [-0.2, -0.15) is 5.10 Å². The minimum Gasteiger partial charge on any atom is -0.338 e. The molecule has 4 rings (SSSR count). The first kappa shape index (κ1) is 15.8. The van der Waals surface area contributed by atoms with Gasteiger partial charge in [0.15, 0.2) is 0 Å². The van der Waals surface area contributed by atoms with Gasteiger partial charge in [0.25, 0.3) is 5.91 Å². The molecule has 0 aromatic carbocycles. The van der Waals surface area contributed by atoms with Crippen molar-refractivity contribution in [3.63, 3.8) is 0 Å². The van der Waals surface area contributed by atoms with Crippen LogP contribution in [0.1, 0.15) is 63.2 Å². The lowest BCUT2D eigenvalue weighted by Crippen LogP contribution is -2.38. The van der Waals surface area contributed by atoms with E-state index in [1.807, 2.05) is 30.2 Å². The van der Waals surface area contributed by atoms with Crippen LogP contribution in [0.5, 0.6) is 0 Å². The number of thiazole rings is 1. The molecule has 0 radical (unpaired) electrons. The molecule has 0 saturated carbocycles. The number of fused-ring (bicyclic) bond motifs is 1. The Labute approximate surface area is 146 Å². The maximum Gasteiger partial charge on any atom is 0.257 e. The number of amides is 1. The van der Waals surface area contributed by atoms with E-state index in [1.54, 1.807) is 10.9 Å². The van der Waals surface area contributed by atoms with Crippen LogP contribution in [0, 0.1) is 6.92 Å². The second-order valence-corrected chi connectivity index (χ2v) is 8.08. The second-order valence-electron chi connectivity index (χ2n) is 6.96. The third-order valence-corrected chi connectivity index (χ3v) is 6.78. The minimum absolute atomic E-state index is 0.123. The average molecular weight is 344 g/mol. The molecular formula is C18H24N4OS. The fourth-order valence-electron chi connectivity index (χ4n) is 3.76. The number of hydrogen-bond acceptors (Lipinski definition) is 4. The van der Waals surface area contributed by atoms with Crippen molar-refractivity contribution in [1.82, 2.24) is 19.7 Å². The van der Waals surface area contributed by atoms with Crippen molar-refractivity contribution < 1.29 is 4.79 Å². The SMILES string of the molecule is Cc1c(C(=O)N2CCC(c3nc4c(s3)CCCC4)CC2)cnn1C. The predicted molar refractivity (Wildman–Crippen MR) is 94.6 cm³/mol. The number of rotatable bonds is 2. The van der Waals surface area contributed by atoms with Crippen molar-refractivity contribution in [1.29, 1.82) is 0 Å².